The average molecular weight is 291 g/mol. The number of hydrogen-bond acceptors (Lipinski definition) is 3. The number of halogens is 2. The molecule has 2 N–H and O–H groups in total. The summed E-state index contributed by atoms with van der Waals surface area (Å²) in [5.74, 6) is 0.130. The maximum absolute atomic E-state index is 13.2. The first kappa shape index (κ1) is 12.9. The molecule has 1 aromatic heterocycles. The molecular weight excluding hydrogens is 279 g/mol. The van der Waals surface area contributed by atoms with Gasteiger partial charge in [0.2, 0.25) is 0 Å². The lowest BCUT2D eigenvalue weighted by atomic mass is 10.1. The molecule has 0 atom stereocenters. The molecule has 5 heteroatoms. The van der Waals surface area contributed by atoms with Gasteiger partial charge in [0.25, 0.3) is 0 Å². The van der Waals surface area contributed by atoms with Gasteiger partial charge in [-0.2, -0.15) is 0 Å². The summed E-state index contributed by atoms with van der Waals surface area (Å²) >= 11 is 5.92. The molecule has 0 spiro atoms. The van der Waals surface area contributed by atoms with Gasteiger partial charge in [0.05, 0.1) is 5.02 Å². The van der Waals surface area contributed by atoms with Crippen LogP contribution in [0.4, 0.5) is 10.1 Å². The standard InChI is InChI=1S/C15H12ClFN2O/c16-12-7-10(17)8-13-15(12)20-14(19-13)6-3-9-1-4-11(18)5-2-9/h1-2,4-5,7-8H,3,6,18H2. The number of nitrogens with two attached hydrogens (primary N) is 1. The van der Waals surface area contributed by atoms with Crippen molar-refractivity contribution < 1.29 is 8.81 Å². The molecular formula is C15H12ClFN2O. The van der Waals surface area contributed by atoms with E-state index < -0.39 is 5.82 Å². The quantitative estimate of drug-likeness (QED) is 0.742. The van der Waals surface area contributed by atoms with Gasteiger partial charge in [0, 0.05) is 18.2 Å². The summed E-state index contributed by atoms with van der Waals surface area (Å²) in [6.07, 6.45) is 1.39. The lowest BCUT2D eigenvalue weighted by molar-refractivity contribution is 0.528. The predicted octanol–water partition coefficient (Wildman–Crippen LogP) is 3.99. The summed E-state index contributed by atoms with van der Waals surface area (Å²) < 4.78 is 18.8. The Morgan fingerprint density at radius 1 is 1.15 bits per heavy atom. The minimum absolute atomic E-state index is 0.242. The van der Waals surface area contributed by atoms with E-state index in [-0.39, 0.29) is 5.02 Å². The summed E-state index contributed by atoms with van der Waals surface area (Å²) in [6.45, 7) is 0. The average Bonchev–Trinajstić information content (AvgIpc) is 2.81. The van der Waals surface area contributed by atoms with Crippen molar-refractivity contribution in [3.8, 4) is 0 Å². The van der Waals surface area contributed by atoms with Crippen LogP contribution >= 0.6 is 11.6 Å². The Labute approximate surface area is 120 Å². The van der Waals surface area contributed by atoms with E-state index in [1.165, 1.54) is 12.1 Å². The molecule has 0 aliphatic carbocycles. The molecule has 0 amide bonds. The molecule has 0 radical (unpaired) electrons. The van der Waals surface area contributed by atoms with Gasteiger partial charge in [-0.15, -0.1) is 0 Å². The number of aromatic nitrogens is 1. The summed E-state index contributed by atoms with van der Waals surface area (Å²) in [5, 5.41) is 0.242. The number of rotatable bonds is 3. The predicted molar refractivity (Wildman–Crippen MR) is 77.2 cm³/mol. The molecule has 3 nitrogen and oxygen atoms in total. The number of anilines is 1. The molecule has 102 valence electrons. The van der Waals surface area contributed by atoms with E-state index in [0.29, 0.717) is 23.4 Å². The molecule has 0 unspecified atom stereocenters. The zero-order valence-corrected chi connectivity index (χ0v) is 11.3. The van der Waals surface area contributed by atoms with Crippen LogP contribution in [0.25, 0.3) is 11.1 Å². The second kappa shape index (κ2) is 5.13. The van der Waals surface area contributed by atoms with Crippen molar-refractivity contribution in [1.82, 2.24) is 4.98 Å². The van der Waals surface area contributed by atoms with Gasteiger partial charge in [0.1, 0.15) is 11.3 Å². The van der Waals surface area contributed by atoms with Crippen molar-refractivity contribution >= 4 is 28.4 Å². The molecule has 0 fully saturated rings. The minimum atomic E-state index is -0.416. The highest BCUT2D eigenvalue weighted by atomic mass is 35.5. The van der Waals surface area contributed by atoms with Crippen molar-refractivity contribution in [2.24, 2.45) is 0 Å². The Morgan fingerprint density at radius 3 is 2.65 bits per heavy atom. The fraction of sp³-hybridized carbons (Fsp3) is 0.133. The van der Waals surface area contributed by atoms with Gasteiger partial charge in [-0.25, -0.2) is 9.37 Å². The second-order valence-corrected chi connectivity index (χ2v) is 4.99. The smallest absolute Gasteiger partial charge is 0.195 e. The van der Waals surface area contributed by atoms with Gasteiger partial charge in [-0.1, -0.05) is 23.7 Å². The third kappa shape index (κ3) is 2.60. The van der Waals surface area contributed by atoms with Crippen LogP contribution in [0.3, 0.4) is 0 Å². The van der Waals surface area contributed by atoms with Gasteiger partial charge < -0.3 is 10.2 Å². The van der Waals surface area contributed by atoms with Gasteiger partial charge in [0.15, 0.2) is 11.5 Å². The van der Waals surface area contributed by atoms with Crippen LogP contribution in [-0.4, -0.2) is 4.98 Å². The zero-order valence-electron chi connectivity index (χ0n) is 10.6. The van der Waals surface area contributed by atoms with Gasteiger partial charge in [-0.3, -0.25) is 0 Å². The Hall–Kier alpha value is -2.07. The van der Waals surface area contributed by atoms with Crippen molar-refractivity contribution in [1.29, 1.82) is 0 Å². The van der Waals surface area contributed by atoms with Crippen molar-refractivity contribution in [2.75, 3.05) is 5.73 Å². The van der Waals surface area contributed by atoms with E-state index in [0.717, 1.165) is 17.7 Å². The molecule has 2 aromatic carbocycles. The fourth-order valence-corrected chi connectivity index (χ4v) is 2.29. The number of fused-ring (bicyclic) bond motifs is 1. The highest BCUT2D eigenvalue weighted by Gasteiger charge is 2.11. The normalized spacial score (nSPS) is 11.1. The molecule has 3 aromatic rings. The Morgan fingerprint density at radius 2 is 1.90 bits per heavy atom. The number of aryl methyl sites for hydroxylation is 2. The maximum atomic E-state index is 13.2. The SMILES string of the molecule is Nc1ccc(CCc2nc3cc(F)cc(Cl)c3o2)cc1. The topological polar surface area (TPSA) is 52.0 Å². The highest BCUT2D eigenvalue weighted by Crippen LogP contribution is 2.26. The molecule has 0 saturated heterocycles. The van der Waals surface area contributed by atoms with Gasteiger partial charge >= 0.3 is 0 Å². The first-order valence-electron chi connectivity index (χ1n) is 6.21. The molecule has 0 bridgehead atoms. The van der Waals surface area contributed by atoms with E-state index in [1.807, 2.05) is 24.3 Å². The van der Waals surface area contributed by atoms with Gasteiger partial charge in [-0.05, 0) is 30.2 Å². The van der Waals surface area contributed by atoms with Crippen LogP contribution in [0, 0.1) is 5.82 Å². The monoisotopic (exact) mass is 290 g/mol. The molecule has 0 aliphatic rings. The van der Waals surface area contributed by atoms with E-state index in [2.05, 4.69) is 4.98 Å². The lowest BCUT2D eigenvalue weighted by Crippen LogP contribution is -1.92. The van der Waals surface area contributed by atoms with Crippen molar-refractivity contribution in [2.45, 2.75) is 12.8 Å². The van der Waals surface area contributed by atoms with Crippen molar-refractivity contribution in [3.05, 3.63) is 58.7 Å². The van der Waals surface area contributed by atoms with E-state index >= 15 is 0 Å². The zero-order chi connectivity index (χ0) is 14.1. The number of oxazole rings is 1. The number of hydrogen-bond donors (Lipinski definition) is 1. The summed E-state index contributed by atoms with van der Waals surface area (Å²) in [6, 6.07) is 10.2. The molecule has 1 heterocycles. The number of nitrogen functional groups attached to an aromatic ring is 1. The minimum Gasteiger partial charge on any atom is -0.439 e. The van der Waals surface area contributed by atoms with Crippen LogP contribution in [0.15, 0.2) is 40.8 Å². The molecule has 0 saturated carbocycles. The number of benzene rings is 2. The summed E-state index contributed by atoms with van der Waals surface area (Å²) in [7, 11) is 0. The third-order valence-electron chi connectivity index (χ3n) is 3.06. The Kier molecular flexibility index (Phi) is 3.32. The summed E-state index contributed by atoms with van der Waals surface area (Å²) in [5.41, 5.74) is 8.38. The molecule has 20 heavy (non-hydrogen) atoms. The van der Waals surface area contributed by atoms with Crippen LogP contribution in [-0.2, 0) is 12.8 Å². The maximum Gasteiger partial charge on any atom is 0.195 e. The van der Waals surface area contributed by atoms with E-state index in [1.54, 1.807) is 0 Å². The first-order chi connectivity index (χ1) is 9.61. The van der Waals surface area contributed by atoms with Crippen LogP contribution in [0.1, 0.15) is 11.5 Å². The summed E-state index contributed by atoms with van der Waals surface area (Å²) in [4.78, 5) is 4.25. The van der Waals surface area contributed by atoms with Crippen LogP contribution in [0.5, 0.6) is 0 Å². The molecule has 3 rings (SSSR count). The third-order valence-corrected chi connectivity index (χ3v) is 3.34. The van der Waals surface area contributed by atoms with Crippen LogP contribution < -0.4 is 5.73 Å². The Balaban J connectivity index is 1.81. The second-order valence-electron chi connectivity index (χ2n) is 4.59. The first-order valence-corrected chi connectivity index (χ1v) is 6.58. The van der Waals surface area contributed by atoms with Crippen LogP contribution in [0.2, 0.25) is 5.02 Å². The Bertz CT molecular complexity index is 752. The fourth-order valence-electron chi connectivity index (χ4n) is 2.05. The highest BCUT2D eigenvalue weighted by molar-refractivity contribution is 6.34. The van der Waals surface area contributed by atoms with E-state index in [9.17, 15) is 4.39 Å². The van der Waals surface area contributed by atoms with E-state index in [4.69, 9.17) is 21.8 Å². The lowest BCUT2D eigenvalue weighted by Gasteiger charge is -1.99. The molecule has 0 aliphatic heterocycles. The number of nitrogens with zero attached hydrogens (tertiary/aromatic N) is 1. The van der Waals surface area contributed by atoms with Crippen molar-refractivity contribution in [3.63, 3.8) is 0 Å². The largest absolute Gasteiger partial charge is 0.439 e.